The molecule has 0 aliphatic carbocycles. The SMILES string of the molecule is CC(C)(C)OC(=O)CN(c1ccc2c(ccn2-c2nccc(N(CCN(C(=O)OC(C)(C)C)C(=O)OC(C)(C)C)C(=O)OC(C)(C)C)n2)c1)S(=O)(=O)c1cc(Cl)cc(Cl)c1. The summed E-state index contributed by atoms with van der Waals surface area (Å²) in [7, 11) is -4.42. The molecule has 4 rings (SSSR count). The second-order valence-electron chi connectivity index (χ2n) is 17.6. The Morgan fingerprint density at radius 3 is 1.75 bits per heavy atom. The minimum atomic E-state index is -4.42. The molecule has 0 spiro atoms. The van der Waals surface area contributed by atoms with Gasteiger partial charge in [0.1, 0.15) is 34.8 Å². The summed E-state index contributed by atoms with van der Waals surface area (Å²) in [5.41, 5.74) is -3.05. The van der Waals surface area contributed by atoms with E-state index in [1.165, 1.54) is 36.5 Å². The third-order valence-electron chi connectivity index (χ3n) is 7.59. The summed E-state index contributed by atoms with van der Waals surface area (Å²) < 4.78 is 52.9. The van der Waals surface area contributed by atoms with Gasteiger partial charge >= 0.3 is 24.2 Å². The van der Waals surface area contributed by atoms with Gasteiger partial charge < -0.3 is 18.9 Å². The van der Waals surface area contributed by atoms with Gasteiger partial charge in [-0.15, -0.1) is 0 Å². The van der Waals surface area contributed by atoms with Gasteiger partial charge in [0, 0.05) is 34.4 Å². The number of carbonyl (C=O) groups is 4. The van der Waals surface area contributed by atoms with Gasteiger partial charge in [-0.25, -0.2) is 32.7 Å². The summed E-state index contributed by atoms with van der Waals surface area (Å²) in [6.45, 7) is 18.7. The van der Waals surface area contributed by atoms with E-state index < -0.39 is 63.2 Å². The van der Waals surface area contributed by atoms with E-state index in [0.717, 1.165) is 14.1 Å². The number of nitrogens with zero attached hydrogens (tertiary/aromatic N) is 6. The van der Waals surface area contributed by atoms with Crippen LogP contribution in [0.4, 0.5) is 25.9 Å². The van der Waals surface area contributed by atoms with Crippen LogP contribution in [-0.2, 0) is 33.8 Å². The van der Waals surface area contributed by atoms with Crippen LogP contribution in [0.1, 0.15) is 83.1 Å². The highest BCUT2D eigenvalue weighted by atomic mass is 35.5. The van der Waals surface area contributed by atoms with Crippen molar-refractivity contribution in [2.24, 2.45) is 0 Å². The third-order valence-corrected chi connectivity index (χ3v) is 9.78. The lowest BCUT2D eigenvalue weighted by molar-refractivity contribution is -0.152. The van der Waals surface area contributed by atoms with Crippen LogP contribution in [0.2, 0.25) is 10.0 Å². The molecule has 16 nitrogen and oxygen atoms in total. The second-order valence-corrected chi connectivity index (χ2v) is 20.3. The molecule has 3 amide bonds. The zero-order valence-corrected chi connectivity index (χ0v) is 38.2. The normalized spacial score (nSPS) is 12.4. The highest BCUT2D eigenvalue weighted by Crippen LogP contribution is 2.32. The molecule has 0 unspecified atom stereocenters. The molecule has 0 atom stereocenters. The third kappa shape index (κ3) is 13.2. The molecule has 0 saturated heterocycles. The van der Waals surface area contributed by atoms with Crippen molar-refractivity contribution in [3.8, 4) is 5.95 Å². The van der Waals surface area contributed by atoms with Crippen molar-refractivity contribution < 1.29 is 46.5 Å². The van der Waals surface area contributed by atoms with E-state index in [-0.39, 0.29) is 45.5 Å². The molecule has 2 heterocycles. The number of rotatable bonds is 10. The summed E-state index contributed by atoms with van der Waals surface area (Å²) in [5, 5.41) is 0.702. The van der Waals surface area contributed by atoms with Gasteiger partial charge in [-0.2, -0.15) is 4.98 Å². The minimum Gasteiger partial charge on any atom is -0.459 e. The van der Waals surface area contributed by atoms with Gasteiger partial charge in [-0.3, -0.25) is 18.6 Å². The summed E-state index contributed by atoms with van der Waals surface area (Å²) in [6, 6.07) is 11.7. The summed E-state index contributed by atoms with van der Waals surface area (Å²) >= 11 is 12.3. The molecule has 0 aliphatic rings. The fourth-order valence-corrected chi connectivity index (χ4v) is 7.51. The zero-order valence-electron chi connectivity index (χ0n) is 35.8. The lowest BCUT2D eigenvalue weighted by Gasteiger charge is -2.31. The van der Waals surface area contributed by atoms with E-state index >= 15 is 0 Å². The van der Waals surface area contributed by atoms with Crippen molar-refractivity contribution in [1.82, 2.24) is 19.4 Å². The molecule has 0 radical (unpaired) electrons. The van der Waals surface area contributed by atoms with Gasteiger partial charge in [0.25, 0.3) is 10.0 Å². The fraction of sp³-hybridized carbons (Fsp3) is 0.463. The van der Waals surface area contributed by atoms with E-state index in [1.807, 2.05) is 0 Å². The molecule has 0 fully saturated rings. The number of imide groups is 1. The number of hydrogen-bond acceptors (Lipinski definition) is 12. The van der Waals surface area contributed by atoms with Crippen LogP contribution < -0.4 is 9.21 Å². The summed E-state index contributed by atoms with van der Waals surface area (Å²) in [6.07, 6.45) is 0.281. The van der Waals surface area contributed by atoms with Crippen LogP contribution in [0.15, 0.2) is 65.8 Å². The first-order chi connectivity index (χ1) is 27.4. The van der Waals surface area contributed by atoms with E-state index in [9.17, 15) is 27.6 Å². The first-order valence-electron chi connectivity index (χ1n) is 18.8. The Hall–Kier alpha value is -5.13. The molecule has 60 heavy (non-hydrogen) atoms. The maximum atomic E-state index is 14.1. The topological polar surface area (TPSA) is 180 Å². The number of carbonyl (C=O) groups excluding carboxylic acids is 4. The molecular formula is C41H52Cl2N6O10S. The highest BCUT2D eigenvalue weighted by Gasteiger charge is 2.34. The number of aromatic nitrogens is 3. The predicted molar refractivity (Wildman–Crippen MR) is 228 cm³/mol. The van der Waals surface area contributed by atoms with Crippen LogP contribution in [0, 0.1) is 0 Å². The highest BCUT2D eigenvalue weighted by molar-refractivity contribution is 7.92. The van der Waals surface area contributed by atoms with E-state index in [2.05, 4.69) is 9.97 Å². The van der Waals surface area contributed by atoms with Crippen LogP contribution in [0.5, 0.6) is 0 Å². The number of benzene rings is 2. The van der Waals surface area contributed by atoms with Gasteiger partial charge in [-0.05, 0) is 132 Å². The molecule has 0 bridgehead atoms. The molecule has 2 aromatic heterocycles. The molecule has 0 aliphatic heterocycles. The average molecular weight is 892 g/mol. The van der Waals surface area contributed by atoms with E-state index in [4.69, 9.17) is 42.1 Å². The van der Waals surface area contributed by atoms with Gasteiger partial charge in [0.2, 0.25) is 5.95 Å². The maximum absolute atomic E-state index is 14.1. The van der Waals surface area contributed by atoms with Crippen molar-refractivity contribution >= 4 is 79.9 Å². The predicted octanol–water partition coefficient (Wildman–Crippen LogP) is 9.18. The first-order valence-corrected chi connectivity index (χ1v) is 21.0. The molecule has 0 N–H and O–H groups in total. The van der Waals surface area contributed by atoms with E-state index in [0.29, 0.717) is 10.9 Å². The van der Waals surface area contributed by atoms with Crippen LogP contribution in [0.3, 0.4) is 0 Å². The number of anilines is 2. The molecule has 2 aromatic carbocycles. The fourth-order valence-electron chi connectivity index (χ4n) is 5.38. The van der Waals surface area contributed by atoms with Crippen molar-refractivity contribution in [2.45, 2.75) is 110 Å². The van der Waals surface area contributed by atoms with Crippen molar-refractivity contribution in [3.05, 3.63) is 71.0 Å². The van der Waals surface area contributed by atoms with E-state index in [1.54, 1.807) is 112 Å². The number of ether oxygens (including phenoxy) is 4. The Morgan fingerprint density at radius 1 is 0.683 bits per heavy atom. The Morgan fingerprint density at radius 2 is 1.22 bits per heavy atom. The number of halogens is 2. The number of amides is 3. The quantitative estimate of drug-likeness (QED) is 0.109. The summed E-state index contributed by atoms with van der Waals surface area (Å²) in [4.78, 5) is 64.1. The smallest absolute Gasteiger partial charge is 0.419 e. The average Bonchev–Trinajstić information content (AvgIpc) is 3.49. The molecule has 19 heteroatoms. The Balaban J connectivity index is 1.76. The van der Waals surface area contributed by atoms with Crippen LogP contribution in [0.25, 0.3) is 16.9 Å². The lowest BCUT2D eigenvalue weighted by Crippen LogP contribution is -2.48. The van der Waals surface area contributed by atoms with Gasteiger partial charge in [0.05, 0.1) is 22.6 Å². The Kier molecular flexibility index (Phi) is 14.1. The lowest BCUT2D eigenvalue weighted by atomic mass is 10.2. The van der Waals surface area contributed by atoms with Crippen molar-refractivity contribution in [3.63, 3.8) is 0 Å². The molecule has 326 valence electrons. The molecule has 0 saturated carbocycles. The monoisotopic (exact) mass is 890 g/mol. The number of fused-ring (bicyclic) bond motifs is 1. The summed E-state index contributed by atoms with van der Waals surface area (Å²) in [5.74, 6) is -0.625. The Bertz CT molecular complexity index is 2310. The molecule has 4 aromatic rings. The van der Waals surface area contributed by atoms with Crippen molar-refractivity contribution in [1.29, 1.82) is 0 Å². The Labute approximate surface area is 360 Å². The largest absolute Gasteiger partial charge is 0.459 e. The first kappa shape index (κ1) is 47.5. The molecular weight excluding hydrogens is 839 g/mol. The zero-order chi connectivity index (χ0) is 45.2. The maximum Gasteiger partial charge on any atom is 0.419 e. The standard InChI is InChI=1S/C41H52Cl2N6O10S/c1-38(2,3)56-33(50)25-49(60(54,55)30-23-27(42)22-28(43)24-30)29-13-14-31-26(21-29)16-18-46(31)34-44-17-15-32(45-34)47(35(51)57-39(4,5)6)19-20-48(36(52)58-40(7,8)9)37(53)59-41(10,11)12/h13-18,21-24H,19-20,25H2,1-12H3. The number of hydrogen-bond donors (Lipinski definition) is 0. The second kappa shape index (κ2) is 17.8. The number of sulfonamides is 1. The van der Waals surface area contributed by atoms with Crippen molar-refractivity contribution in [2.75, 3.05) is 28.8 Å². The van der Waals surface area contributed by atoms with Crippen LogP contribution >= 0.6 is 23.2 Å². The van der Waals surface area contributed by atoms with Gasteiger partial charge in [-0.1, -0.05) is 23.2 Å². The number of esters is 1. The van der Waals surface area contributed by atoms with Gasteiger partial charge in [0.15, 0.2) is 0 Å². The van der Waals surface area contributed by atoms with Crippen LogP contribution in [-0.4, -0.2) is 94.1 Å². The minimum absolute atomic E-state index is 0.0656.